The van der Waals surface area contributed by atoms with E-state index in [1.165, 1.54) is 6.20 Å². The zero-order valence-electron chi connectivity index (χ0n) is 18.5. The number of nitrogens with zero attached hydrogens (tertiary/aromatic N) is 4. The molecule has 0 spiro atoms. The van der Waals surface area contributed by atoms with Crippen molar-refractivity contribution in [1.29, 1.82) is 0 Å². The third-order valence-electron chi connectivity index (χ3n) is 4.19. The Hall–Kier alpha value is -3.61. The van der Waals surface area contributed by atoms with Gasteiger partial charge in [0.2, 0.25) is 0 Å². The summed E-state index contributed by atoms with van der Waals surface area (Å²) in [6.45, 7) is 1.88. The summed E-state index contributed by atoms with van der Waals surface area (Å²) >= 11 is 0. The highest BCUT2D eigenvalue weighted by Crippen LogP contribution is 2.24. The third-order valence-corrected chi connectivity index (χ3v) is 4.19. The van der Waals surface area contributed by atoms with Crippen LogP contribution in [-0.2, 0) is 7.05 Å². The van der Waals surface area contributed by atoms with Crippen molar-refractivity contribution in [2.24, 2.45) is 7.05 Å². The molecule has 4 rings (SSSR count). The Kier molecular flexibility index (Phi) is 3.10. The highest BCUT2D eigenvalue weighted by atomic mass is 19.1. The minimum atomic E-state index is -1.32. The molecule has 0 fully saturated rings. The Morgan fingerprint density at radius 2 is 1.96 bits per heavy atom. The van der Waals surface area contributed by atoms with Crippen LogP contribution in [0.5, 0.6) is 0 Å². The molecule has 134 valence electrons. The third kappa shape index (κ3) is 3.15. The van der Waals surface area contributed by atoms with Crippen molar-refractivity contribution >= 4 is 22.6 Å². The summed E-state index contributed by atoms with van der Waals surface area (Å²) in [5.74, 6) is -1.42. The van der Waals surface area contributed by atoms with E-state index in [4.69, 9.17) is 5.48 Å². The number of carbonyl (C=O) groups excluding carboxylic acids is 1. The Morgan fingerprint density at radius 3 is 2.74 bits per heavy atom. The second-order valence-corrected chi connectivity index (χ2v) is 5.88. The molecular weight excluding hydrogens is 345 g/mol. The van der Waals surface area contributed by atoms with E-state index in [1.807, 2.05) is 24.6 Å². The van der Waals surface area contributed by atoms with Gasteiger partial charge in [0, 0.05) is 24.2 Å². The van der Waals surface area contributed by atoms with Gasteiger partial charge < -0.3 is 9.88 Å². The van der Waals surface area contributed by atoms with Crippen LogP contribution in [0.4, 0.5) is 10.2 Å². The molecule has 0 atom stereocenters. The smallest absolute Gasteiger partial charge is 0.259 e. The predicted molar refractivity (Wildman–Crippen MR) is 101 cm³/mol. The summed E-state index contributed by atoms with van der Waals surface area (Å²) in [4.78, 5) is 25.3. The van der Waals surface area contributed by atoms with E-state index in [0.29, 0.717) is 10.9 Å². The van der Waals surface area contributed by atoms with Gasteiger partial charge in [-0.25, -0.2) is 14.4 Å². The maximum absolute atomic E-state index is 14.4. The molecule has 0 aliphatic rings. The second-order valence-electron chi connectivity index (χ2n) is 5.88. The number of amides is 1. The first-order valence-electron chi connectivity index (χ1n) is 10.0. The topological polar surface area (TPSA) is 72.7 Å². The fourth-order valence-corrected chi connectivity index (χ4v) is 2.64. The monoisotopic (exact) mass is 365 g/mol. The molecule has 7 heteroatoms. The van der Waals surface area contributed by atoms with Crippen LogP contribution < -0.4 is 5.32 Å². The number of fused-ring (bicyclic) bond motifs is 1. The average Bonchev–Trinajstić information content (AvgIpc) is 3.09. The van der Waals surface area contributed by atoms with E-state index in [-0.39, 0.29) is 5.82 Å². The number of aromatic nitrogens is 4. The molecular formula is C20H16FN5O. The maximum Gasteiger partial charge on any atom is 0.259 e. The molecule has 6 nitrogen and oxygen atoms in total. The van der Waals surface area contributed by atoms with Crippen molar-refractivity contribution in [3.05, 3.63) is 72.1 Å². The Balaban J connectivity index is 1.71. The van der Waals surface area contributed by atoms with E-state index < -0.39 is 41.5 Å². The maximum atomic E-state index is 14.4. The molecule has 0 radical (unpaired) electrons. The molecule has 0 aliphatic heterocycles. The Labute approximate surface area is 160 Å². The average molecular weight is 365 g/mol. The lowest BCUT2D eigenvalue weighted by Gasteiger charge is -2.08. The first-order chi connectivity index (χ1) is 14.7. The van der Waals surface area contributed by atoms with E-state index in [1.54, 1.807) is 18.5 Å². The number of halogens is 1. The summed E-state index contributed by atoms with van der Waals surface area (Å²) in [5.41, 5.74) is 1.47. The SMILES string of the molecule is [2H]c1c([2H])c([2H])c(C(=O)Nc2cc3cc(-c4cnc(C)n4C)cnc3cn2)c(F)c1[2H]. The first-order valence-corrected chi connectivity index (χ1v) is 8.00. The van der Waals surface area contributed by atoms with Gasteiger partial charge in [0.15, 0.2) is 0 Å². The molecule has 1 amide bonds. The number of hydrogen-bond acceptors (Lipinski definition) is 4. The lowest BCUT2D eigenvalue weighted by molar-refractivity contribution is 0.102. The van der Waals surface area contributed by atoms with Gasteiger partial charge in [-0.1, -0.05) is 12.1 Å². The van der Waals surface area contributed by atoms with Gasteiger partial charge in [0.1, 0.15) is 17.5 Å². The van der Waals surface area contributed by atoms with E-state index >= 15 is 0 Å². The first kappa shape index (κ1) is 12.7. The summed E-state index contributed by atoms with van der Waals surface area (Å²) in [7, 11) is 1.89. The Bertz CT molecular complexity index is 1340. The van der Waals surface area contributed by atoms with Gasteiger partial charge in [-0.15, -0.1) is 0 Å². The van der Waals surface area contributed by atoms with Crippen molar-refractivity contribution in [1.82, 2.24) is 19.5 Å². The van der Waals surface area contributed by atoms with Crippen molar-refractivity contribution in [3.63, 3.8) is 0 Å². The zero-order chi connectivity index (χ0) is 22.4. The van der Waals surface area contributed by atoms with Gasteiger partial charge in [-0.3, -0.25) is 9.78 Å². The van der Waals surface area contributed by atoms with Crippen LogP contribution in [0.2, 0.25) is 0 Å². The molecule has 3 aromatic heterocycles. The summed E-state index contributed by atoms with van der Waals surface area (Å²) in [6.07, 6.45) is 4.86. The molecule has 0 saturated heterocycles. The zero-order valence-corrected chi connectivity index (χ0v) is 14.5. The van der Waals surface area contributed by atoms with Crippen LogP contribution >= 0.6 is 0 Å². The molecule has 0 aliphatic carbocycles. The summed E-state index contributed by atoms with van der Waals surface area (Å²) in [5, 5.41) is 3.06. The Morgan fingerprint density at radius 1 is 1.15 bits per heavy atom. The van der Waals surface area contributed by atoms with Gasteiger partial charge in [-0.2, -0.15) is 0 Å². The highest BCUT2D eigenvalue weighted by Gasteiger charge is 2.13. The normalized spacial score (nSPS) is 13.0. The minimum Gasteiger partial charge on any atom is -0.331 e. The number of aryl methyl sites for hydroxylation is 1. The number of pyridine rings is 2. The predicted octanol–water partition coefficient (Wildman–Crippen LogP) is 3.73. The number of hydrogen-bond donors (Lipinski definition) is 1. The second kappa shape index (κ2) is 6.60. The molecule has 27 heavy (non-hydrogen) atoms. The lowest BCUT2D eigenvalue weighted by atomic mass is 10.1. The fourth-order valence-electron chi connectivity index (χ4n) is 2.64. The van der Waals surface area contributed by atoms with Crippen LogP contribution in [0.15, 0.2) is 54.9 Å². The molecule has 3 heterocycles. The number of nitrogens with one attached hydrogen (secondary N) is 1. The summed E-state index contributed by atoms with van der Waals surface area (Å²) in [6, 6.07) is 0.308. The van der Waals surface area contributed by atoms with Crippen molar-refractivity contribution in [2.45, 2.75) is 6.92 Å². The van der Waals surface area contributed by atoms with Crippen molar-refractivity contribution < 1.29 is 14.7 Å². The number of anilines is 1. The standard InChI is InChI=1S/C20H16FN5O/c1-12-22-11-18(26(12)2)14-7-13-8-19(24-10-17(13)23-9-14)25-20(27)15-5-3-4-6-16(15)21/h3-11H,1-2H3,(H,24,25,27)/i3D,4D,5D,6D. The number of imidazole rings is 1. The van der Waals surface area contributed by atoms with Gasteiger partial charge >= 0.3 is 0 Å². The molecule has 1 aromatic carbocycles. The van der Waals surface area contributed by atoms with Crippen molar-refractivity contribution in [2.75, 3.05) is 5.32 Å². The van der Waals surface area contributed by atoms with Gasteiger partial charge in [0.25, 0.3) is 5.91 Å². The van der Waals surface area contributed by atoms with E-state index in [2.05, 4.69) is 20.3 Å². The van der Waals surface area contributed by atoms with Crippen LogP contribution in [0, 0.1) is 12.7 Å². The summed E-state index contributed by atoms with van der Waals surface area (Å²) < 4.78 is 46.8. The van der Waals surface area contributed by atoms with E-state index in [0.717, 1.165) is 17.1 Å². The molecule has 0 saturated carbocycles. The van der Waals surface area contributed by atoms with Gasteiger partial charge in [-0.05, 0) is 31.1 Å². The molecule has 4 aromatic rings. The van der Waals surface area contributed by atoms with Crippen molar-refractivity contribution in [3.8, 4) is 11.3 Å². The number of carbonyl (C=O) groups is 1. The van der Waals surface area contributed by atoms with E-state index in [9.17, 15) is 9.18 Å². The van der Waals surface area contributed by atoms with Gasteiger partial charge in [0.05, 0.1) is 34.7 Å². The highest BCUT2D eigenvalue weighted by molar-refractivity contribution is 6.04. The molecule has 0 unspecified atom stereocenters. The molecule has 1 N–H and O–H groups in total. The van der Waals surface area contributed by atoms with Crippen LogP contribution in [0.3, 0.4) is 0 Å². The number of rotatable bonds is 3. The largest absolute Gasteiger partial charge is 0.331 e. The molecule has 0 bridgehead atoms. The van der Waals surface area contributed by atoms with Crippen LogP contribution in [0.1, 0.15) is 21.7 Å². The lowest BCUT2D eigenvalue weighted by Crippen LogP contribution is -2.14. The van der Waals surface area contributed by atoms with Crippen LogP contribution in [-0.4, -0.2) is 25.4 Å². The van der Waals surface area contributed by atoms with Crippen LogP contribution in [0.25, 0.3) is 22.2 Å². The fraction of sp³-hybridized carbons (Fsp3) is 0.100. The minimum absolute atomic E-state index is 0.0875. The number of benzene rings is 1. The quantitative estimate of drug-likeness (QED) is 0.600.